The molecule has 9 heteroatoms. The van der Waals surface area contributed by atoms with Gasteiger partial charge in [0.25, 0.3) is 10.0 Å². The number of aromatic amines is 1. The molecule has 0 radical (unpaired) electrons. The summed E-state index contributed by atoms with van der Waals surface area (Å²) in [6.07, 6.45) is 3.65. The van der Waals surface area contributed by atoms with Crippen molar-refractivity contribution >= 4 is 21.1 Å². The van der Waals surface area contributed by atoms with Crippen molar-refractivity contribution in [3.8, 4) is 0 Å². The number of hydrogen-bond donors (Lipinski definition) is 1. The minimum absolute atomic E-state index is 0.0226. The van der Waals surface area contributed by atoms with Crippen LogP contribution in [0.25, 0.3) is 11.0 Å². The van der Waals surface area contributed by atoms with E-state index < -0.39 is 10.0 Å². The van der Waals surface area contributed by atoms with Gasteiger partial charge in [-0.2, -0.15) is 9.40 Å². The summed E-state index contributed by atoms with van der Waals surface area (Å²) in [6, 6.07) is 3.40. The van der Waals surface area contributed by atoms with Crippen molar-refractivity contribution in [1.82, 2.24) is 24.4 Å². The number of sulfonamides is 1. The molecule has 5 rings (SSSR count). The first-order valence-corrected chi connectivity index (χ1v) is 10.5. The van der Waals surface area contributed by atoms with E-state index in [9.17, 15) is 8.42 Å². The Hall–Kier alpha value is -1.55. The molecule has 140 valence electrons. The van der Waals surface area contributed by atoms with Gasteiger partial charge >= 0.3 is 0 Å². The lowest BCUT2D eigenvalue weighted by molar-refractivity contribution is 0.0655. The maximum Gasteiger partial charge on any atom is 0.261 e. The van der Waals surface area contributed by atoms with E-state index in [0.717, 1.165) is 25.9 Å². The molecule has 3 saturated heterocycles. The molecule has 3 aliphatic rings. The Morgan fingerprint density at radius 1 is 1.31 bits per heavy atom. The molecule has 3 aliphatic heterocycles. The van der Waals surface area contributed by atoms with Crippen LogP contribution in [0.2, 0.25) is 0 Å². The van der Waals surface area contributed by atoms with Crippen LogP contribution in [0.3, 0.4) is 0 Å². The maximum absolute atomic E-state index is 13.5. The molecular weight excluding hydrogens is 354 g/mol. The molecule has 2 atom stereocenters. The second kappa shape index (κ2) is 5.72. The van der Waals surface area contributed by atoms with Gasteiger partial charge < -0.3 is 9.64 Å². The fraction of sp³-hybridized carbons (Fsp3) is 0.647. The Labute approximate surface area is 152 Å². The summed E-state index contributed by atoms with van der Waals surface area (Å²) in [6.45, 7) is 3.72. The number of aromatic nitrogens is 3. The van der Waals surface area contributed by atoms with Crippen LogP contribution in [0.15, 0.2) is 23.4 Å². The lowest BCUT2D eigenvalue weighted by atomic mass is 9.70. The second-order valence-corrected chi connectivity index (χ2v) is 9.68. The van der Waals surface area contributed by atoms with Crippen molar-refractivity contribution in [2.24, 2.45) is 11.3 Å². The molecule has 8 nitrogen and oxygen atoms in total. The molecule has 0 saturated carbocycles. The van der Waals surface area contributed by atoms with Crippen molar-refractivity contribution in [2.45, 2.75) is 23.9 Å². The average Bonchev–Trinajstić information content (AvgIpc) is 3.33. The fourth-order valence-electron chi connectivity index (χ4n) is 4.95. The normalized spacial score (nSPS) is 29.6. The summed E-state index contributed by atoms with van der Waals surface area (Å²) in [4.78, 5) is 6.47. The Morgan fingerprint density at radius 3 is 2.92 bits per heavy atom. The summed E-state index contributed by atoms with van der Waals surface area (Å²) >= 11 is 0. The molecular formula is C17H23N5O3S. The van der Waals surface area contributed by atoms with E-state index in [-0.39, 0.29) is 22.4 Å². The molecule has 0 amide bonds. The zero-order valence-electron chi connectivity index (χ0n) is 14.8. The van der Waals surface area contributed by atoms with Gasteiger partial charge in [-0.1, -0.05) is 0 Å². The predicted octanol–water partition coefficient (Wildman–Crippen LogP) is 0.689. The van der Waals surface area contributed by atoms with E-state index in [2.05, 4.69) is 27.1 Å². The largest absolute Gasteiger partial charge is 0.379 e. The fourth-order valence-corrected chi connectivity index (χ4v) is 6.78. The van der Waals surface area contributed by atoms with Crippen molar-refractivity contribution in [3.63, 3.8) is 0 Å². The summed E-state index contributed by atoms with van der Waals surface area (Å²) in [5, 5.41) is 7.49. The van der Waals surface area contributed by atoms with Crippen molar-refractivity contribution < 1.29 is 13.2 Å². The van der Waals surface area contributed by atoms with E-state index in [1.54, 1.807) is 22.6 Å². The van der Waals surface area contributed by atoms with Gasteiger partial charge in [0.2, 0.25) is 0 Å². The summed E-state index contributed by atoms with van der Waals surface area (Å²) < 4.78 is 34.4. The van der Waals surface area contributed by atoms with Gasteiger partial charge in [-0.05, 0) is 50.5 Å². The van der Waals surface area contributed by atoms with Crippen LogP contribution in [0.5, 0.6) is 0 Å². The molecule has 0 aromatic carbocycles. The van der Waals surface area contributed by atoms with Crippen LogP contribution >= 0.6 is 0 Å². The van der Waals surface area contributed by atoms with Crippen molar-refractivity contribution in [3.05, 3.63) is 18.3 Å². The number of ether oxygens (including phenoxy) is 1. The third kappa shape index (κ3) is 2.27. The van der Waals surface area contributed by atoms with Crippen molar-refractivity contribution in [1.29, 1.82) is 0 Å². The molecule has 0 unspecified atom stereocenters. The van der Waals surface area contributed by atoms with Gasteiger partial charge in [0.1, 0.15) is 0 Å². The molecule has 26 heavy (non-hydrogen) atoms. The molecule has 0 bridgehead atoms. The van der Waals surface area contributed by atoms with Gasteiger partial charge in [-0.15, -0.1) is 0 Å². The van der Waals surface area contributed by atoms with Crippen molar-refractivity contribution in [2.75, 3.05) is 39.9 Å². The first-order valence-electron chi connectivity index (χ1n) is 9.09. The quantitative estimate of drug-likeness (QED) is 0.828. The Morgan fingerprint density at radius 2 is 2.12 bits per heavy atom. The van der Waals surface area contributed by atoms with Gasteiger partial charge in [0, 0.05) is 18.7 Å². The smallest absolute Gasteiger partial charge is 0.261 e. The lowest BCUT2D eigenvalue weighted by Crippen LogP contribution is -2.43. The summed E-state index contributed by atoms with van der Waals surface area (Å²) in [7, 11) is -1.56. The zero-order chi connectivity index (χ0) is 17.9. The number of pyridine rings is 1. The number of nitrogens with one attached hydrogen (secondary N) is 1. The monoisotopic (exact) mass is 377 g/mol. The standard InChI is InChI=1S/C17H23N5O3S/c1-21-7-4-17(5-8-21)11-22(14-10-25-9-13(14)17)26(23,24)16-12-3-2-6-18-15(12)19-20-16/h2-3,6,13-14H,4-5,7-11H2,1H3,(H,18,19,20)/t13-,14+/m0/s1. The first kappa shape index (κ1) is 16.6. The van der Waals surface area contributed by atoms with E-state index >= 15 is 0 Å². The van der Waals surface area contributed by atoms with E-state index in [1.165, 1.54) is 0 Å². The predicted molar refractivity (Wildman–Crippen MR) is 95.0 cm³/mol. The Bertz CT molecular complexity index is 935. The second-order valence-electron chi connectivity index (χ2n) is 7.85. The highest BCUT2D eigenvalue weighted by Gasteiger charge is 2.58. The number of nitrogens with zero attached hydrogens (tertiary/aromatic N) is 4. The lowest BCUT2D eigenvalue weighted by Gasteiger charge is -2.40. The van der Waals surface area contributed by atoms with Crippen LogP contribution in [0.4, 0.5) is 0 Å². The number of piperidine rings is 1. The zero-order valence-corrected chi connectivity index (χ0v) is 15.6. The number of hydrogen-bond acceptors (Lipinski definition) is 6. The molecule has 0 aliphatic carbocycles. The molecule has 1 N–H and O–H groups in total. The van der Waals surface area contributed by atoms with Gasteiger partial charge in [0.15, 0.2) is 10.7 Å². The highest BCUT2D eigenvalue weighted by Crippen LogP contribution is 2.51. The third-order valence-corrected chi connectivity index (χ3v) is 8.37. The van der Waals surface area contributed by atoms with Gasteiger partial charge in [-0.25, -0.2) is 13.4 Å². The van der Waals surface area contributed by atoms with Crippen LogP contribution in [-0.2, 0) is 14.8 Å². The van der Waals surface area contributed by atoms with Gasteiger partial charge in [0.05, 0.1) is 24.6 Å². The maximum atomic E-state index is 13.5. The Balaban J connectivity index is 1.55. The van der Waals surface area contributed by atoms with Crippen LogP contribution in [0.1, 0.15) is 12.8 Å². The Kier molecular flexibility index (Phi) is 3.66. The topological polar surface area (TPSA) is 91.4 Å². The number of fused-ring (bicyclic) bond motifs is 3. The van der Waals surface area contributed by atoms with Crippen LogP contribution in [-0.4, -0.2) is 78.7 Å². The number of likely N-dealkylation sites (tertiary alicyclic amines) is 1. The molecule has 3 fully saturated rings. The van der Waals surface area contributed by atoms with Crippen LogP contribution in [0, 0.1) is 11.3 Å². The number of H-pyrrole nitrogens is 1. The third-order valence-electron chi connectivity index (χ3n) is 6.52. The van der Waals surface area contributed by atoms with E-state index in [4.69, 9.17) is 4.74 Å². The SMILES string of the molecule is CN1CCC2(CC1)CN(S(=O)(=O)c1[nH]nc3ncccc13)[C@@H]1COC[C@@H]12. The van der Waals surface area contributed by atoms with E-state index in [0.29, 0.717) is 30.8 Å². The van der Waals surface area contributed by atoms with Gasteiger partial charge in [-0.3, -0.25) is 5.10 Å². The molecule has 2 aromatic rings. The molecule has 1 spiro atoms. The minimum atomic E-state index is -3.68. The number of rotatable bonds is 2. The molecule has 5 heterocycles. The molecule has 2 aromatic heterocycles. The van der Waals surface area contributed by atoms with Crippen LogP contribution < -0.4 is 0 Å². The summed E-state index contributed by atoms with van der Waals surface area (Å²) in [5.74, 6) is 0.276. The minimum Gasteiger partial charge on any atom is -0.379 e. The highest BCUT2D eigenvalue weighted by atomic mass is 32.2. The summed E-state index contributed by atoms with van der Waals surface area (Å²) in [5.41, 5.74) is 0.452. The first-order chi connectivity index (χ1) is 12.5. The highest BCUT2D eigenvalue weighted by molar-refractivity contribution is 7.89. The van der Waals surface area contributed by atoms with E-state index in [1.807, 2.05) is 0 Å². The average molecular weight is 377 g/mol.